The number of amides is 1. The van der Waals surface area contributed by atoms with Crippen molar-refractivity contribution in [3.05, 3.63) is 47.7 Å². The van der Waals surface area contributed by atoms with Gasteiger partial charge in [-0.15, -0.1) is 0 Å². The molecule has 1 aliphatic carbocycles. The summed E-state index contributed by atoms with van der Waals surface area (Å²) in [4.78, 5) is 31.2. The predicted octanol–water partition coefficient (Wildman–Crippen LogP) is 3.97. The molecule has 0 radical (unpaired) electrons. The van der Waals surface area contributed by atoms with Crippen LogP contribution in [0.4, 0.5) is 19.0 Å². The third-order valence-electron chi connectivity index (χ3n) is 4.71. The summed E-state index contributed by atoms with van der Waals surface area (Å²) in [6.07, 6.45) is 2.61. The number of halogens is 3. The third-order valence-corrected chi connectivity index (χ3v) is 4.71. The summed E-state index contributed by atoms with van der Waals surface area (Å²) < 4.78 is 40.3. The Morgan fingerprint density at radius 3 is 2.48 bits per heavy atom. The number of alkyl halides is 3. The fourth-order valence-electron chi connectivity index (χ4n) is 3.24. The maximum absolute atomic E-state index is 13.0. The van der Waals surface area contributed by atoms with E-state index in [1.165, 1.54) is 19.1 Å². The van der Waals surface area contributed by atoms with Crippen LogP contribution in [0.1, 0.15) is 47.6 Å². The molecule has 2 aromatic heterocycles. The van der Waals surface area contributed by atoms with Crippen molar-refractivity contribution in [2.45, 2.75) is 38.8 Å². The van der Waals surface area contributed by atoms with Gasteiger partial charge in [-0.3, -0.25) is 9.36 Å². The summed E-state index contributed by atoms with van der Waals surface area (Å²) in [5, 5.41) is 11.4. The lowest BCUT2D eigenvalue weighted by Crippen LogP contribution is -2.20. The molecule has 2 N–H and O–H groups in total. The maximum Gasteiger partial charge on any atom is 0.434 e. The standard InChI is InChI=1S/C19H19F3N4O3/c1-11-24-15(19(20,21)22)10-26(11)14(8-12-4-2-3-5-12)17(27)25-16-7-6-13(9-23-16)18(28)29/h6-10,12H,2-5H2,1H3,(H,28,29)(H,23,25,27). The molecule has 1 aliphatic rings. The van der Waals surface area contributed by atoms with E-state index in [9.17, 15) is 22.8 Å². The van der Waals surface area contributed by atoms with E-state index in [0.717, 1.165) is 42.6 Å². The second-order valence-corrected chi connectivity index (χ2v) is 6.83. The monoisotopic (exact) mass is 408 g/mol. The maximum atomic E-state index is 13.0. The first kappa shape index (κ1) is 20.6. The molecule has 1 fully saturated rings. The molecule has 3 rings (SSSR count). The Balaban J connectivity index is 1.92. The molecule has 2 heterocycles. The van der Waals surface area contributed by atoms with Crippen LogP contribution in [0.5, 0.6) is 0 Å². The highest BCUT2D eigenvalue weighted by Gasteiger charge is 2.35. The van der Waals surface area contributed by atoms with Gasteiger partial charge >= 0.3 is 12.1 Å². The number of rotatable bonds is 5. The van der Waals surface area contributed by atoms with Gasteiger partial charge in [0.2, 0.25) is 0 Å². The average molecular weight is 408 g/mol. The summed E-state index contributed by atoms with van der Waals surface area (Å²) in [5.41, 5.74) is -1.10. The Hall–Kier alpha value is -3.17. The first-order chi connectivity index (χ1) is 13.6. The molecule has 0 aromatic carbocycles. The number of aryl methyl sites for hydroxylation is 1. The number of aromatic carboxylic acids is 1. The topological polar surface area (TPSA) is 97.1 Å². The smallest absolute Gasteiger partial charge is 0.434 e. The number of pyridine rings is 1. The number of hydrogen-bond acceptors (Lipinski definition) is 4. The van der Waals surface area contributed by atoms with E-state index < -0.39 is 23.7 Å². The van der Waals surface area contributed by atoms with E-state index in [4.69, 9.17) is 5.11 Å². The lowest BCUT2D eigenvalue weighted by Gasteiger charge is -2.13. The Kier molecular flexibility index (Phi) is 5.71. The van der Waals surface area contributed by atoms with Gasteiger partial charge in [0, 0.05) is 12.4 Å². The fraction of sp³-hybridized carbons (Fsp3) is 0.368. The van der Waals surface area contributed by atoms with Crippen molar-refractivity contribution in [1.82, 2.24) is 14.5 Å². The van der Waals surface area contributed by atoms with Crippen LogP contribution in [0.3, 0.4) is 0 Å². The summed E-state index contributed by atoms with van der Waals surface area (Å²) in [6, 6.07) is 2.59. The third kappa shape index (κ3) is 4.82. The summed E-state index contributed by atoms with van der Waals surface area (Å²) in [5.74, 6) is -1.61. The van der Waals surface area contributed by atoms with Crippen LogP contribution in [0, 0.1) is 12.8 Å². The Morgan fingerprint density at radius 1 is 1.28 bits per heavy atom. The number of carboxylic acid groups (broad SMARTS) is 1. The zero-order chi connectivity index (χ0) is 21.2. The number of carboxylic acids is 1. The number of anilines is 1. The van der Waals surface area contributed by atoms with Crippen LogP contribution in [0.25, 0.3) is 5.70 Å². The van der Waals surface area contributed by atoms with Gasteiger partial charge in [-0.2, -0.15) is 13.2 Å². The van der Waals surface area contributed by atoms with Crippen LogP contribution < -0.4 is 5.32 Å². The lowest BCUT2D eigenvalue weighted by molar-refractivity contribution is -0.141. The van der Waals surface area contributed by atoms with Gasteiger partial charge < -0.3 is 10.4 Å². The zero-order valence-electron chi connectivity index (χ0n) is 15.5. The predicted molar refractivity (Wildman–Crippen MR) is 98.0 cm³/mol. The molecule has 0 spiro atoms. The minimum atomic E-state index is -4.63. The average Bonchev–Trinajstić information content (AvgIpc) is 3.29. The summed E-state index contributed by atoms with van der Waals surface area (Å²) in [7, 11) is 0. The highest BCUT2D eigenvalue weighted by atomic mass is 19.4. The molecule has 0 saturated heterocycles. The molecule has 7 nitrogen and oxygen atoms in total. The second-order valence-electron chi connectivity index (χ2n) is 6.83. The quantitative estimate of drug-likeness (QED) is 0.730. The van der Waals surface area contributed by atoms with Gasteiger partial charge in [-0.25, -0.2) is 14.8 Å². The number of imidazole rings is 1. The molecule has 0 unspecified atom stereocenters. The molecule has 154 valence electrons. The molecule has 1 saturated carbocycles. The number of nitrogens with one attached hydrogen (secondary N) is 1. The van der Waals surface area contributed by atoms with E-state index >= 15 is 0 Å². The van der Waals surface area contributed by atoms with E-state index in [-0.39, 0.29) is 28.8 Å². The zero-order valence-corrected chi connectivity index (χ0v) is 15.5. The molecule has 10 heteroatoms. The van der Waals surface area contributed by atoms with E-state index in [2.05, 4.69) is 15.3 Å². The Labute approximate surface area is 164 Å². The molecule has 0 atom stereocenters. The van der Waals surface area contributed by atoms with Crippen molar-refractivity contribution in [3.8, 4) is 0 Å². The first-order valence-corrected chi connectivity index (χ1v) is 9.01. The summed E-state index contributed by atoms with van der Waals surface area (Å²) in [6.45, 7) is 1.39. The van der Waals surface area contributed by atoms with Crippen molar-refractivity contribution in [2.75, 3.05) is 5.32 Å². The van der Waals surface area contributed by atoms with Gasteiger partial charge in [-0.1, -0.05) is 18.9 Å². The van der Waals surface area contributed by atoms with Gasteiger partial charge in [0.25, 0.3) is 5.91 Å². The molecule has 2 aromatic rings. The van der Waals surface area contributed by atoms with E-state index in [0.29, 0.717) is 0 Å². The largest absolute Gasteiger partial charge is 0.478 e. The van der Waals surface area contributed by atoms with Gasteiger partial charge in [0.15, 0.2) is 5.69 Å². The minimum absolute atomic E-state index is 0.0292. The SMILES string of the molecule is Cc1nc(C(F)(F)F)cn1C(=CC1CCCC1)C(=O)Nc1ccc(C(=O)O)cn1. The van der Waals surface area contributed by atoms with Gasteiger partial charge in [-0.05, 0) is 37.8 Å². The van der Waals surface area contributed by atoms with Crippen molar-refractivity contribution in [1.29, 1.82) is 0 Å². The molecular formula is C19H19F3N4O3. The van der Waals surface area contributed by atoms with Gasteiger partial charge in [0.1, 0.15) is 17.3 Å². The van der Waals surface area contributed by atoms with Crippen LogP contribution in [-0.2, 0) is 11.0 Å². The van der Waals surface area contributed by atoms with Crippen molar-refractivity contribution < 1.29 is 27.9 Å². The number of carbonyl (C=O) groups excluding carboxylic acids is 1. The highest BCUT2D eigenvalue weighted by molar-refractivity contribution is 6.20. The van der Waals surface area contributed by atoms with Crippen LogP contribution in [-0.4, -0.2) is 31.5 Å². The number of allylic oxidation sites excluding steroid dienone is 1. The minimum Gasteiger partial charge on any atom is -0.478 e. The number of hydrogen-bond donors (Lipinski definition) is 2. The van der Waals surface area contributed by atoms with E-state index in [1.54, 1.807) is 6.08 Å². The highest BCUT2D eigenvalue weighted by Crippen LogP contribution is 2.31. The molecule has 0 aliphatic heterocycles. The fourth-order valence-corrected chi connectivity index (χ4v) is 3.24. The molecule has 0 bridgehead atoms. The number of nitrogens with zero attached hydrogens (tertiary/aromatic N) is 3. The molecular weight excluding hydrogens is 389 g/mol. The summed E-state index contributed by atoms with van der Waals surface area (Å²) >= 11 is 0. The van der Waals surface area contributed by atoms with Crippen LogP contribution in [0.2, 0.25) is 0 Å². The molecule has 1 amide bonds. The lowest BCUT2D eigenvalue weighted by atomic mass is 10.1. The van der Waals surface area contributed by atoms with Gasteiger partial charge in [0.05, 0.1) is 5.56 Å². The Morgan fingerprint density at radius 2 is 1.97 bits per heavy atom. The normalized spacial score (nSPS) is 15.5. The van der Waals surface area contributed by atoms with E-state index in [1.807, 2.05) is 0 Å². The number of carbonyl (C=O) groups is 2. The van der Waals surface area contributed by atoms with Crippen LogP contribution >= 0.6 is 0 Å². The van der Waals surface area contributed by atoms with Crippen molar-refractivity contribution in [2.24, 2.45) is 5.92 Å². The first-order valence-electron chi connectivity index (χ1n) is 9.01. The Bertz CT molecular complexity index is 943. The second kappa shape index (κ2) is 8.06. The van der Waals surface area contributed by atoms with Crippen molar-refractivity contribution >= 4 is 23.4 Å². The number of aromatic nitrogens is 3. The van der Waals surface area contributed by atoms with Crippen molar-refractivity contribution in [3.63, 3.8) is 0 Å². The van der Waals surface area contributed by atoms with Crippen LogP contribution in [0.15, 0.2) is 30.6 Å². The molecule has 29 heavy (non-hydrogen) atoms.